The number of carbonyl (C=O) groups is 2. The number of aliphatic imine (C=N–C) groups is 1. The number of hydrogen-bond donors (Lipinski definition) is 3. The van der Waals surface area contributed by atoms with Crippen molar-refractivity contribution in [3.63, 3.8) is 0 Å². The molecule has 0 bridgehead atoms. The molecular formula is C20H33N5O4. The third kappa shape index (κ3) is 7.20. The highest BCUT2D eigenvalue weighted by Gasteiger charge is 2.32. The lowest BCUT2D eigenvalue weighted by molar-refractivity contribution is -0.122. The second kappa shape index (κ2) is 11.0. The minimum Gasteiger partial charge on any atom is -0.465 e. The molecule has 0 spiro atoms. The van der Waals surface area contributed by atoms with Crippen LogP contribution in [0.15, 0.2) is 4.99 Å². The fraction of sp³-hybridized carbons (Fsp3) is 0.800. The van der Waals surface area contributed by atoms with Crippen LogP contribution < -0.4 is 10.6 Å². The van der Waals surface area contributed by atoms with E-state index < -0.39 is 12.1 Å². The summed E-state index contributed by atoms with van der Waals surface area (Å²) in [6, 6.07) is 1.17. The van der Waals surface area contributed by atoms with Gasteiger partial charge in [0.2, 0.25) is 11.9 Å². The van der Waals surface area contributed by atoms with Crippen LogP contribution in [-0.4, -0.2) is 66.9 Å². The maximum absolute atomic E-state index is 12.7. The Labute approximate surface area is 172 Å². The van der Waals surface area contributed by atoms with Gasteiger partial charge in [-0.05, 0) is 43.4 Å². The van der Waals surface area contributed by atoms with Crippen LogP contribution in [-0.2, 0) is 9.53 Å². The molecule has 1 heterocycles. The summed E-state index contributed by atoms with van der Waals surface area (Å²) in [7, 11) is 0. The third-order valence-electron chi connectivity index (χ3n) is 6.17. The molecule has 1 unspecified atom stereocenters. The highest BCUT2D eigenvalue weighted by atomic mass is 16.5. The third-order valence-corrected chi connectivity index (χ3v) is 6.17. The summed E-state index contributed by atoms with van der Waals surface area (Å²) in [4.78, 5) is 30.3. The number of nitrogens with one attached hydrogen (secondary N) is 2. The number of ether oxygens (including phenoxy) is 1. The first kappa shape index (κ1) is 22.9. The van der Waals surface area contributed by atoms with Crippen LogP contribution in [0.25, 0.3) is 0 Å². The zero-order valence-corrected chi connectivity index (χ0v) is 17.4. The van der Waals surface area contributed by atoms with Gasteiger partial charge < -0.3 is 20.1 Å². The van der Waals surface area contributed by atoms with Crippen LogP contribution in [0, 0.1) is 22.7 Å². The Balaban J connectivity index is 2.16. The number of nitrogens with zero attached hydrogens (tertiary/aromatic N) is 3. The first-order valence-electron chi connectivity index (χ1n) is 10.4. The van der Waals surface area contributed by atoms with Crippen molar-refractivity contribution in [2.75, 3.05) is 32.8 Å². The Morgan fingerprint density at radius 2 is 2.00 bits per heavy atom. The Kier molecular flexibility index (Phi) is 8.70. The largest absolute Gasteiger partial charge is 0.465 e. The molecule has 0 radical (unpaired) electrons. The summed E-state index contributed by atoms with van der Waals surface area (Å²) in [6.45, 7) is 6.39. The fourth-order valence-corrected chi connectivity index (χ4v) is 3.95. The smallest absolute Gasteiger partial charge is 0.411 e. The van der Waals surface area contributed by atoms with Gasteiger partial charge in [-0.25, -0.2) is 9.79 Å². The topological polar surface area (TPSA) is 127 Å². The zero-order chi connectivity index (χ0) is 21.3. The molecule has 0 aromatic heterocycles. The Morgan fingerprint density at radius 1 is 1.34 bits per heavy atom. The lowest BCUT2D eigenvalue weighted by Gasteiger charge is -2.37. The average molecular weight is 408 g/mol. The Bertz CT molecular complexity index is 631. The van der Waals surface area contributed by atoms with Crippen molar-refractivity contribution < 1.29 is 19.4 Å². The summed E-state index contributed by atoms with van der Waals surface area (Å²) in [5.41, 5.74) is 0.363. The maximum atomic E-state index is 12.7. The maximum Gasteiger partial charge on any atom is 0.411 e. The lowest BCUT2D eigenvalue weighted by atomic mass is 9.69. The van der Waals surface area contributed by atoms with Gasteiger partial charge >= 0.3 is 6.09 Å². The van der Waals surface area contributed by atoms with E-state index >= 15 is 0 Å². The number of rotatable bonds is 6. The number of hydrogen-bond acceptors (Lipinski definition) is 5. The molecule has 0 aromatic rings. The molecule has 2 fully saturated rings. The molecule has 1 saturated heterocycles. The molecule has 1 atom stereocenters. The van der Waals surface area contributed by atoms with E-state index in [1.807, 2.05) is 6.07 Å². The zero-order valence-electron chi connectivity index (χ0n) is 17.4. The van der Waals surface area contributed by atoms with E-state index in [1.54, 1.807) is 4.90 Å². The van der Waals surface area contributed by atoms with Crippen LogP contribution in [0.5, 0.6) is 0 Å². The van der Waals surface area contributed by atoms with Crippen molar-refractivity contribution in [3.8, 4) is 6.07 Å². The Morgan fingerprint density at radius 3 is 2.55 bits per heavy atom. The van der Waals surface area contributed by atoms with Gasteiger partial charge in [-0.3, -0.25) is 10.1 Å². The standard InChI is InChI=1S/C20H33N5O4/c1-3-20(2)6-4-15(5-7-20)14-16(17(26)22-9-8-21)23-18(24-19(27)28)25-10-12-29-13-11-25/h15-16H,3-7,9-14H2,1-2H3,(H,22,26)(H,23,24)(H,27,28). The average Bonchev–Trinajstić information content (AvgIpc) is 2.73. The van der Waals surface area contributed by atoms with Gasteiger partial charge in [-0.15, -0.1) is 0 Å². The van der Waals surface area contributed by atoms with E-state index in [2.05, 4.69) is 29.5 Å². The number of guanidine groups is 1. The fourth-order valence-electron chi connectivity index (χ4n) is 3.95. The van der Waals surface area contributed by atoms with Gasteiger partial charge in [-0.1, -0.05) is 20.3 Å². The normalized spacial score (nSPS) is 26.3. The van der Waals surface area contributed by atoms with Crippen molar-refractivity contribution in [2.24, 2.45) is 16.3 Å². The molecule has 9 nitrogen and oxygen atoms in total. The minimum atomic E-state index is -1.22. The molecule has 29 heavy (non-hydrogen) atoms. The van der Waals surface area contributed by atoms with Gasteiger partial charge in [0.25, 0.3) is 0 Å². The highest BCUT2D eigenvalue weighted by Crippen LogP contribution is 2.42. The van der Waals surface area contributed by atoms with Crippen LogP contribution in [0.3, 0.4) is 0 Å². The minimum absolute atomic E-state index is 0.0946. The molecule has 3 N–H and O–H groups in total. The van der Waals surface area contributed by atoms with Crippen LogP contribution in [0.1, 0.15) is 52.4 Å². The van der Waals surface area contributed by atoms with Gasteiger partial charge in [0.15, 0.2) is 0 Å². The second-order valence-electron chi connectivity index (χ2n) is 8.22. The van der Waals surface area contributed by atoms with E-state index in [1.165, 1.54) is 0 Å². The van der Waals surface area contributed by atoms with Crippen molar-refractivity contribution in [3.05, 3.63) is 0 Å². The van der Waals surface area contributed by atoms with Gasteiger partial charge in [0.1, 0.15) is 12.6 Å². The summed E-state index contributed by atoms with van der Waals surface area (Å²) < 4.78 is 5.32. The predicted octanol–water partition coefficient (Wildman–Crippen LogP) is 1.95. The molecule has 162 valence electrons. The van der Waals surface area contributed by atoms with Crippen LogP contribution >= 0.6 is 0 Å². The summed E-state index contributed by atoms with van der Waals surface area (Å²) in [6.07, 6.45) is 4.77. The van der Waals surface area contributed by atoms with Gasteiger partial charge in [0, 0.05) is 13.1 Å². The van der Waals surface area contributed by atoms with Gasteiger partial charge in [-0.2, -0.15) is 5.26 Å². The van der Waals surface area contributed by atoms with E-state index in [0.29, 0.717) is 44.1 Å². The predicted molar refractivity (Wildman–Crippen MR) is 108 cm³/mol. The molecule has 2 aliphatic rings. The summed E-state index contributed by atoms with van der Waals surface area (Å²) in [5, 5.41) is 22.9. The van der Waals surface area contributed by atoms with Crippen molar-refractivity contribution >= 4 is 18.0 Å². The summed E-state index contributed by atoms with van der Waals surface area (Å²) >= 11 is 0. The first-order chi connectivity index (χ1) is 13.9. The van der Waals surface area contributed by atoms with Crippen LogP contribution in [0.4, 0.5) is 4.79 Å². The molecule has 9 heteroatoms. The number of carbonyl (C=O) groups excluding carboxylic acids is 1. The molecule has 2 rings (SSSR count). The van der Waals surface area contributed by atoms with Crippen LogP contribution in [0.2, 0.25) is 0 Å². The SMILES string of the molecule is CCC1(C)CCC(CC(N=C(NC(=O)O)N2CCOCC2)C(=O)NCC#N)CC1. The van der Waals surface area contributed by atoms with Gasteiger partial charge in [0.05, 0.1) is 19.3 Å². The number of carboxylic acid groups (broad SMARTS) is 1. The van der Waals surface area contributed by atoms with E-state index in [-0.39, 0.29) is 18.4 Å². The molecule has 1 aliphatic heterocycles. The van der Waals surface area contributed by atoms with E-state index in [9.17, 15) is 14.7 Å². The monoisotopic (exact) mass is 407 g/mol. The molecule has 2 amide bonds. The van der Waals surface area contributed by atoms with Crippen molar-refractivity contribution in [2.45, 2.75) is 58.4 Å². The van der Waals surface area contributed by atoms with Crippen molar-refractivity contribution in [1.29, 1.82) is 5.26 Å². The lowest BCUT2D eigenvalue weighted by Crippen LogP contribution is -2.50. The second-order valence-corrected chi connectivity index (χ2v) is 8.22. The molecule has 1 saturated carbocycles. The van der Waals surface area contributed by atoms with E-state index in [0.717, 1.165) is 32.1 Å². The molecule has 1 aliphatic carbocycles. The molecule has 0 aromatic carbocycles. The van der Waals surface area contributed by atoms with E-state index in [4.69, 9.17) is 10.00 Å². The Hall–Kier alpha value is -2.34. The first-order valence-corrected chi connectivity index (χ1v) is 10.4. The number of amides is 2. The molecular weight excluding hydrogens is 374 g/mol. The quantitative estimate of drug-likeness (QED) is 0.351. The highest BCUT2D eigenvalue weighted by molar-refractivity contribution is 5.95. The van der Waals surface area contributed by atoms with Crippen molar-refractivity contribution in [1.82, 2.24) is 15.5 Å². The summed E-state index contributed by atoms with van der Waals surface area (Å²) in [5.74, 6) is 0.187. The number of nitriles is 1. The number of morpholine rings is 1.